The van der Waals surface area contributed by atoms with Crippen LogP contribution in [0.5, 0.6) is 0 Å². The third-order valence-corrected chi connectivity index (χ3v) is 3.18. The summed E-state index contributed by atoms with van der Waals surface area (Å²) in [5, 5.41) is 0. The van der Waals surface area contributed by atoms with Gasteiger partial charge >= 0.3 is 12.2 Å². The summed E-state index contributed by atoms with van der Waals surface area (Å²) in [5.74, 6) is 0. The van der Waals surface area contributed by atoms with Crippen LogP contribution in [0.15, 0.2) is 0 Å². The number of carbonyl (C=O) groups is 2. The standard InChI is InChI=1S/C16H29FN2O4/c1-15(2,3)22-13(20)18(7)10-12-8-11(17)9-19(12)14(21)23-16(4,5)6/h11-12H,8-10H2,1-7H3/t11-,12-/m0/s1. The van der Waals surface area contributed by atoms with E-state index in [2.05, 4.69) is 0 Å². The van der Waals surface area contributed by atoms with E-state index in [-0.39, 0.29) is 19.5 Å². The maximum atomic E-state index is 13.8. The van der Waals surface area contributed by atoms with Crippen molar-refractivity contribution in [3.05, 3.63) is 0 Å². The molecule has 1 heterocycles. The molecule has 1 fully saturated rings. The Morgan fingerprint density at radius 3 is 2.13 bits per heavy atom. The fourth-order valence-corrected chi connectivity index (χ4v) is 2.31. The van der Waals surface area contributed by atoms with Crippen LogP contribution >= 0.6 is 0 Å². The second-order valence-electron chi connectivity index (χ2n) is 7.98. The zero-order valence-electron chi connectivity index (χ0n) is 15.2. The molecule has 1 aliphatic rings. The summed E-state index contributed by atoms with van der Waals surface area (Å²) in [6, 6.07) is -0.419. The number of nitrogens with zero attached hydrogens (tertiary/aromatic N) is 2. The van der Waals surface area contributed by atoms with E-state index in [9.17, 15) is 14.0 Å². The van der Waals surface area contributed by atoms with E-state index in [1.54, 1.807) is 48.6 Å². The van der Waals surface area contributed by atoms with Crippen LogP contribution in [0.3, 0.4) is 0 Å². The number of ether oxygens (including phenoxy) is 2. The summed E-state index contributed by atoms with van der Waals surface area (Å²) in [5.41, 5.74) is -1.25. The molecule has 1 aliphatic heterocycles. The van der Waals surface area contributed by atoms with Gasteiger partial charge < -0.3 is 19.3 Å². The van der Waals surface area contributed by atoms with Crippen molar-refractivity contribution in [1.29, 1.82) is 0 Å². The normalized spacial score (nSPS) is 22.0. The summed E-state index contributed by atoms with van der Waals surface area (Å²) in [6.07, 6.45) is -1.98. The summed E-state index contributed by atoms with van der Waals surface area (Å²) >= 11 is 0. The summed E-state index contributed by atoms with van der Waals surface area (Å²) in [6.45, 7) is 10.8. The number of amides is 2. The second-order valence-corrected chi connectivity index (χ2v) is 7.98. The van der Waals surface area contributed by atoms with E-state index >= 15 is 0 Å². The van der Waals surface area contributed by atoms with Crippen molar-refractivity contribution < 1.29 is 23.5 Å². The number of hydrogen-bond acceptors (Lipinski definition) is 4. The summed E-state index contributed by atoms with van der Waals surface area (Å²) < 4.78 is 24.3. The molecule has 0 unspecified atom stereocenters. The molecular formula is C16H29FN2O4. The molecule has 1 rings (SSSR count). The van der Waals surface area contributed by atoms with Crippen LogP contribution in [0.2, 0.25) is 0 Å². The molecule has 0 aliphatic carbocycles. The molecule has 0 saturated carbocycles. The molecule has 0 aromatic carbocycles. The second kappa shape index (κ2) is 6.93. The number of rotatable bonds is 2. The van der Waals surface area contributed by atoms with E-state index in [1.807, 2.05) is 0 Å². The number of likely N-dealkylation sites (N-methyl/N-ethyl adjacent to an activating group) is 1. The van der Waals surface area contributed by atoms with Gasteiger partial charge in [0.05, 0.1) is 12.6 Å². The molecule has 23 heavy (non-hydrogen) atoms. The number of halogens is 1. The van der Waals surface area contributed by atoms with Gasteiger partial charge in [0, 0.05) is 20.0 Å². The third-order valence-electron chi connectivity index (χ3n) is 3.18. The lowest BCUT2D eigenvalue weighted by Gasteiger charge is -2.31. The Hall–Kier alpha value is -1.53. The molecule has 7 heteroatoms. The van der Waals surface area contributed by atoms with E-state index in [4.69, 9.17) is 9.47 Å². The number of alkyl halides is 1. The summed E-state index contributed by atoms with van der Waals surface area (Å²) in [4.78, 5) is 26.9. The highest BCUT2D eigenvalue weighted by atomic mass is 19.1. The fraction of sp³-hybridized carbons (Fsp3) is 0.875. The molecule has 2 amide bonds. The molecule has 0 radical (unpaired) electrons. The van der Waals surface area contributed by atoms with E-state index in [1.165, 1.54) is 9.80 Å². The predicted octanol–water partition coefficient (Wildman–Crippen LogP) is 3.20. The van der Waals surface area contributed by atoms with Crippen LogP contribution in [-0.4, -0.2) is 65.5 Å². The third kappa shape index (κ3) is 6.62. The first-order chi connectivity index (χ1) is 10.3. The smallest absolute Gasteiger partial charge is 0.410 e. The zero-order valence-corrected chi connectivity index (χ0v) is 15.2. The monoisotopic (exact) mass is 332 g/mol. The molecule has 134 valence electrons. The Morgan fingerprint density at radius 2 is 1.65 bits per heavy atom. The van der Waals surface area contributed by atoms with Gasteiger partial charge in [-0.3, -0.25) is 0 Å². The van der Waals surface area contributed by atoms with Crippen molar-refractivity contribution >= 4 is 12.2 Å². The van der Waals surface area contributed by atoms with Gasteiger partial charge in [-0.1, -0.05) is 0 Å². The first-order valence-corrected chi connectivity index (χ1v) is 7.86. The van der Waals surface area contributed by atoms with Crippen molar-refractivity contribution in [3.63, 3.8) is 0 Å². The van der Waals surface area contributed by atoms with Gasteiger partial charge in [-0.15, -0.1) is 0 Å². The zero-order chi connectivity index (χ0) is 18.0. The van der Waals surface area contributed by atoms with E-state index < -0.39 is 35.6 Å². The lowest BCUT2D eigenvalue weighted by Crippen LogP contribution is -2.46. The minimum Gasteiger partial charge on any atom is -0.444 e. The summed E-state index contributed by atoms with van der Waals surface area (Å²) in [7, 11) is 1.58. The maximum absolute atomic E-state index is 13.8. The molecule has 0 N–H and O–H groups in total. The van der Waals surface area contributed by atoms with E-state index in [0.717, 1.165) is 0 Å². The number of likely N-dealkylation sites (tertiary alicyclic amines) is 1. The SMILES string of the molecule is CN(C[C@@H]1C[C@H](F)CN1C(=O)OC(C)(C)C)C(=O)OC(C)(C)C. The largest absolute Gasteiger partial charge is 0.444 e. The number of hydrogen-bond donors (Lipinski definition) is 0. The molecule has 0 bridgehead atoms. The first-order valence-electron chi connectivity index (χ1n) is 7.86. The van der Waals surface area contributed by atoms with Gasteiger partial charge in [-0.05, 0) is 41.5 Å². The van der Waals surface area contributed by atoms with Crippen molar-refractivity contribution in [3.8, 4) is 0 Å². The first kappa shape index (κ1) is 19.5. The van der Waals surface area contributed by atoms with Crippen LogP contribution in [0.25, 0.3) is 0 Å². The fourth-order valence-electron chi connectivity index (χ4n) is 2.31. The Labute approximate surface area is 137 Å². The molecule has 1 saturated heterocycles. The Morgan fingerprint density at radius 1 is 1.13 bits per heavy atom. The highest BCUT2D eigenvalue weighted by molar-refractivity contribution is 5.70. The van der Waals surface area contributed by atoms with Gasteiger partial charge in [0.2, 0.25) is 0 Å². The average molecular weight is 332 g/mol. The lowest BCUT2D eigenvalue weighted by molar-refractivity contribution is 0.0118. The Kier molecular flexibility index (Phi) is 5.88. The van der Waals surface area contributed by atoms with Crippen molar-refractivity contribution in [2.24, 2.45) is 0 Å². The highest BCUT2D eigenvalue weighted by Crippen LogP contribution is 2.24. The maximum Gasteiger partial charge on any atom is 0.410 e. The Bertz CT molecular complexity index is 442. The van der Waals surface area contributed by atoms with Gasteiger partial charge in [-0.2, -0.15) is 0 Å². The van der Waals surface area contributed by atoms with E-state index in [0.29, 0.717) is 0 Å². The molecule has 0 aromatic rings. The minimum atomic E-state index is -1.11. The van der Waals surface area contributed by atoms with Crippen LogP contribution < -0.4 is 0 Å². The average Bonchev–Trinajstić information content (AvgIpc) is 2.65. The van der Waals surface area contributed by atoms with Crippen LogP contribution in [0.4, 0.5) is 14.0 Å². The number of carbonyl (C=O) groups excluding carboxylic acids is 2. The van der Waals surface area contributed by atoms with Gasteiger partial charge in [-0.25, -0.2) is 14.0 Å². The van der Waals surface area contributed by atoms with Crippen molar-refractivity contribution in [2.45, 2.75) is 71.4 Å². The quantitative estimate of drug-likeness (QED) is 0.779. The van der Waals surface area contributed by atoms with Gasteiger partial charge in [0.1, 0.15) is 17.4 Å². The van der Waals surface area contributed by atoms with Gasteiger partial charge in [0.25, 0.3) is 0 Å². The molecule has 6 nitrogen and oxygen atoms in total. The lowest BCUT2D eigenvalue weighted by atomic mass is 10.2. The van der Waals surface area contributed by atoms with Crippen LogP contribution in [0.1, 0.15) is 48.0 Å². The van der Waals surface area contributed by atoms with Crippen molar-refractivity contribution in [1.82, 2.24) is 9.80 Å². The predicted molar refractivity (Wildman–Crippen MR) is 85.1 cm³/mol. The van der Waals surface area contributed by atoms with Crippen LogP contribution in [-0.2, 0) is 9.47 Å². The molecule has 0 spiro atoms. The van der Waals surface area contributed by atoms with Crippen LogP contribution in [0, 0.1) is 0 Å². The van der Waals surface area contributed by atoms with Gasteiger partial charge in [0.15, 0.2) is 0 Å². The topological polar surface area (TPSA) is 59.1 Å². The van der Waals surface area contributed by atoms with Crippen molar-refractivity contribution in [2.75, 3.05) is 20.1 Å². The molecular weight excluding hydrogens is 303 g/mol. The minimum absolute atomic E-state index is 0.0122. The molecule has 0 aromatic heterocycles. The highest BCUT2D eigenvalue weighted by Gasteiger charge is 2.39. The Balaban J connectivity index is 2.69. The molecule has 2 atom stereocenters.